The molecule has 4 heteroatoms. The standard InChI is InChI=1S/C13H19N3O/c1-10-4-5-11(8-14-10)12(17)16-7-6-15-13(2,3)9-16/h4-5,8,15H,6-7,9H2,1-3H3. The summed E-state index contributed by atoms with van der Waals surface area (Å²) >= 11 is 0. The van der Waals surface area contributed by atoms with Crippen LogP contribution in [0.15, 0.2) is 18.3 Å². The van der Waals surface area contributed by atoms with E-state index in [4.69, 9.17) is 0 Å². The molecular weight excluding hydrogens is 214 g/mol. The summed E-state index contributed by atoms with van der Waals surface area (Å²) in [6.45, 7) is 8.48. The number of hydrogen-bond donors (Lipinski definition) is 1. The average molecular weight is 233 g/mol. The van der Waals surface area contributed by atoms with Gasteiger partial charge in [-0.1, -0.05) is 0 Å². The maximum absolute atomic E-state index is 12.3. The summed E-state index contributed by atoms with van der Waals surface area (Å²) in [5, 5.41) is 3.39. The third-order valence-corrected chi connectivity index (χ3v) is 3.02. The molecule has 0 aliphatic carbocycles. The van der Waals surface area contributed by atoms with Crippen LogP contribution < -0.4 is 5.32 Å². The van der Waals surface area contributed by atoms with Crippen molar-refractivity contribution in [1.29, 1.82) is 0 Å². The van der Waals surface area contributed by atoms with Crippen molar-refractivity contribution in [3.05, 3.63) is 29.6 Å². The van der Waals surface area contributed by atoms with E-state index in [1.54, 1.807) is 6.20 Å². The van der Waals surface area contributed by atoms with Gasteiger partial charge in [0.2, 0.25) is 0 Å². The Bertz CT molecular complexity index is 411. The fourth-order valence-corrected chi connectivity index (χ4v) is 2.09. The van der Waals surface area contributed by atoms with Gasteiger partial charge in [-0.05, 0) is 32.9 Å². The molecule has 1 saturated heterocycles. The number of pyridine rings is 1. The molecule has 1 aliphatic rings. The molecular formula is C13H19N3O. The zero-order valence-electron chi connectivity index (χ0n) is 10.7. The van der Waals surface area contributed by atoms with E-state index in [2.05, 4.69) is 24.1 Å². The number of aromatic nitrogens is 1. The Morgan fingerprint density at radius 1 is 1.47 bits per heavy atom. The summed E-state index contributed by atoms with van der Waals surface area (Å²) in [4.78, 5) is 18.3. The highest BCUT2D eigenvalue weighted by atomic mass is 16.2. The molecule has 1 aliphatic heterocycles. The van der Waals surface area contributed by atoms with Gasteiger partial charge in [-0.15, -0.1) is 0 Å². The van der Waals surface area contributed by atoms with Crippen molar-refractivity contribution in [3.63, 3.8) is 0 Å². The SMILES string of the molecule is Cc1ccc(C(=O)N2CCNC(C)(C)C2)cn1. The third-order valence-electron chi connectivity index (χ3n) is 3.02. The van der Waals surface area contributed by atoms with Crippen LogP contribution >= 0.6 is 0 Å². The Labute approximate surface area is 102 Å². The number of amides is 1. The third kappa shape index (κ3) is 2.82. The Balaban J connectivity index is 2.12. The zero-order valence-corrected chi connectivity index (χ0v) is 10.7. The van der Waals surface area contributed by atoms with Crippen LogP contribution in [-0.2, 0) is 0 Å². The summed E-state index contributed by atoms with van der Waals surface area (Å²) < 4.78 is 0. The summed E-state index contributed by atoms with van der Waals surface area (Å²) in [5.74, 6) is 0.0760. The molecule has 1 aromatic heterocycles. The maximum Gasteiger partial charge on any atom is 0.255 e. The number of carbonyl (C=O) groups is 1. The first-order valence-electron chi connectivity index (χ1n) is 5.95. The van der Waals surface area contributed by atoms with Crippen molar-refractivity contribution in [3.8, 4) is 0 Å². The van der Waals surface area contributed by atoms with E-state index in [9.17, 15) is 4.79 Å². The largest absolute Gasteiger partial charge is 0.335 e. The van der Waals surface area contributed by atoms with Crippen molar-refractivity contribution in [2.24, 2.45) is 0 Å². The van der Waals surface area contributed by atoms with Gasteiger partial charge in [0.05, 0.1) is 5.56 Å². The molecule has 0 saturated carbocycles. The quantitative estimate of drug-likeness (QED) is 0.793. The Morgan fingerprint density at radius 3 is 2.82 bits per heavy atom. The van der Waals surface area contributed by atoms with Gasteiger partial charge in [-0.25, -0.2) is 0 Å². The lowest BCUT2D eigenvalue weighted by Crippen LogP contribution is -2.58. The lowest BCUT2D eigenvalue weighted by molar-refractivity contribution is 0.0651. The molecule has 0 spiro atoms. The number of nitrogens with one attached hydrogen (secondary N) is 1. The van der Waals surface area contributed by atoms with Crippen LogP contribution in [0.1, 0.15) is 29.9 Å². The highest BCUT2D eigenvalue weighted by Gasteiger charge is 2.28. The van der Waals surface area contributed by atoms with Gasteiger partial charge >= 0.3 is 0 Å². The summed E-state index contributed by atoms with van der Waals surface area (Å²) in [6.07, 6.45) is 1.66. The van der Waals surface area contributed by atoms with Crippen LogP contribution in [0.3, 0.4) is 0 Å². The molecule has 1 fully saturated rings. The topological polar surface area (TPSA) is 45.2 Å². The van der Waals surface area contributed by atoms with Crippen LogP contribution in [0.4, 0.5) is 0 Å². The van der Waals surface area contributed by atoms with Gasteiger partial charge < -0.3 is 10.2 Å². The molecule has 0 bridgehead atoms. The van der Waals surface area contributed by atoms with Gasteiger partial charge in [-0.3, -0.25) is 9.78 Å². The Morgan fingerprint density at radius 2 is 2.24 bits per heavy atom. The first-order chi connectivity index (χ1) is 7.98. The summed E-state index contributed by atoms with van der Waals surface area (Å²) in [5.41, 5.74) is 1.60. The second-order valence-corrected chi connectivity index (χ2v) is 5.23. The van der Waals surface area contributed by atoms with E-state index in [0.717, 1.165) is 25.3 Å². The first-order valence-corrected chi connectivity index (χ1v) is 5.95. The minimum Gasteiger partial charge on any atom is -0.335 e. The molecule has 0 unspecified atom stereocenters. The first kappa shape index (κ1) is 12.0. The van der Waals surface area contributed by atoms with E-state index in [1.807, 2.05) is 24.0 Å². The van der Waals surface area contributed by atoms with Gasteiger partial charge in [-0.2, -0.15) is 0 Å². The van der Waals surface area contributed by atoms with E-state index in [-0.39, 0.29) is 11.4 Å². The van der Waals surface area contributed by atoms with Crippen molar-refractivity contribution in [1.82, 2.24) is 15.2 Å². The minimum absolute atomic E-state index is 0.00790. The van der Waals surface area contributed by atoms with Gasteiger partial charge in [0.15, 0.2) is 0 Å². The van der Waals surface area contributed by atoms with Crippen molar-refractivity contribution >= 4 is 5.91 Å². The molecule has 1 amide bonds. The molecule has 17 heavy (non-hydrogen) atoms. The van der Waals surface area contributed by atoms with Crippen LogP contribution in [0, 0.1) is 6.92 Å². The van der Waals surface area contributed by atoms with Crippen molar-refractivity contribution in [2.45, 2.75) is 26.3 Å². The number of aryl methyl sites for hydroxylation is 1. The van der Waals surface area contributed by atoms with Crippen LogP contribution in [0.5, 0.6) is 0 Å². The smallest absolute Gasteiger partial charge is 0.255 e. The van der Waals surface area contributed by atoms with E-state index in [1.165, 1.54) is 0 Å². The molecule has 4 nitrogen and oxygen atoms in total. The van der Waals surface area contributed by atoms with Crippen LogP contribution in [0.25, 0.3) is 0 Å². The second kappa shape index (κ2) is 4.45. The lowest BCUT2D eigenvalue weighted by atomic mass is 10.0. The molecule has 2 heterocycles. The minimum atomic E-state index is -0.00790. The Kier molecular flexibility index (Phi) is 3.15. The average Bonchev–Trinajstić information content (AvgIpc) is 2.28. The molecule has 0 radical (unpaired) electrons. The molecule has 92 valence electrons. The van der Waals surface area contributed by atoms with Crippen molar-refractivity contribution in [2.75, 3.05) is 19.6 Å². The molecule has 0 atom stereocenters. The predicted octanol–water partition coefficient (Wildman–Crippen LogP) is 1.21. The Hall–Kier alpha value is -1.42. The normalized spacial score (nSPS) is 19.1. The molecule has 0 aromatic carbocycles. The van der Waals surface area contributed by atoms with Crippen molar-refractivity contribution < 1.29 is 4.79 Å². The predicted molar refractivity (Wildman–Crippen MR) is 67.0 cm³/mol. The fraction of sp³-hybridized carbons (Fsp3) is 0.538. The van der Waals surface area contributed by atoms with Gasteiger partial charge in [0.1, 0.15) is 0 Å². The maximum atomic E-state index is 12.3. The summed E-state index contributed by atoms with van der Waals surface area (Å²) in [6, 6.07) is 3.72. The highest BCUT2D eigenvalue weighted by molar-refractivity contribution is 5.94. The van der Waals surface area contributed by atoms with Crippen LogP contribution in [0.2, 0.25) is 0 Å². The fourth-order valence-electron chi connectivity index (χ4n) is 2.09. The van der Waals surface area contributed by atoms with Gasteiger partial charge in [0, 0.05) is 37.1 Å². The number of hydrogen-bond acceptors (Lipinski definition) is 3. The molecule has 1 N–H and O–H groups in total. The van der Waals surface area contributed by atoms with Crippen LogP contribution in [-0.4, -0.2) is 41.0 Å². The highest BCUT2D eigenvalue weighted by Crippen LogP contribution is 2.13. The zero-order chi connectivity index (χ0) is 12.5. The van der Waals surface area contributed by atoms with E-state index < -0.39 is 0 Å². The molecule has 2 rings (SSSR count). The van der Waals surface area contributed by atoms with Gasteiger partial charge in [0.25, 0.3) is 5.91 Å². The lowest BCUT2D eigenvalue weighted by Gasteiger charge is -2.39. The monoisotopic (exact) mass is 233 g/mol. The van der Waals surface area contributed by atoms with E-state index >= 15 is 0 Å². The molecule has 1 aromatic rings. The number of rotatable bonds is 1. The number of carbonyl (C=O) groups excluding carboxylic acids is 1. The summed E-state index contributed by atoms with van der Waals surface area (Å²) in [7, 11) is 0. The van der Waals surface area contributed by atoms with E-state index in [0.29, 0.717) is 5.56 Å². The number of piperazine rings is 1. The second-order valence-electron chi connectivity index (χ2n) is 5.23. The number of nitrogens with zero attached hydrogens (tertiary/aromatic N) is 2.